The van der Waals surface area contributed by atoms with Gasteiger partial charge in [-0.2, -0.15) is 4.31 Å². The van der Waals surface area contributed by atoms with Crippen molar-refractivity contribution in [3.05, 3.63) is 59.9 Å². The average molecular weight is 434 g/mol. The van der Waals surface area contributed by atoms with E-state index in [1.165, 1.54) is 46.8 Å². The van der Waals surface area contributed by atoms with Gasteiger partial charge in [0, 0.05) is 18.8 Å². The molecule has 0 bridgehead atoms. The predicted molar refractivity (Wildman–Crippen MR) is 109 cm³/mol. The van der Waals surface area contributed by atoms with Gasteiger partial charge < -0.3 is 10.1 Å². The zero-order chi connectivity index (χ0) is 21.6. The van der Waals surface area contributed by atoms with Crippen LogP contribution < -0.4 is 5.32 Å². The van der Waals surface area contributed by atoms with Crippen LogP contribution >= 0.6 is 0 Å². The number of hydrogen-bond donors (Lipinski definition) is 1. The number of amides is 1. The second kappa shape index (κ2) is 9.82. The summed E-state index contributed by atoms with van der Waals surface area (Å²) in [6, 6.07) is 10.9. The fourth-order valence-corrected chi connectivity index (χ4v) is 4.76. The molecule has 1 saturated heterocycles. The first-order chi connectivity index (χ1) is 14.4. The number of anilines is 1. The van der Waals surface area contributed by atoms with E-state index in [-0.39, 0.29) is 16.1 Å². The fourth-order valence-electron chi connectivity index (χ4n) is 3.19. The summed E-state index contributed by atoms with van der Waals surface area (Å²) in [5.74, 6) is -1.97. The van der Waals surface area contributed by atoms with Crippen molar-refractivity contribution < 1.29 is 27.1 Å². The maximum absolute atomic E-state index is 13.2. The highest BCUT2D eigenvalue weighted by Crippen LogP contribution is 2.21. The minimum absolute atomic E-state index is 0.0167. The van der Waals surface area contributed by atoms with Crippen LogP contribution in [0.4, 0.5) is 10.1 Å². The van der Waals surface area contributed by atoms with Gasteiger partial charge in [-0.3, -0.25) is 4.79 Å². The van der Waals surface area contributed by atoms with Crippen LogP contribution in [0.3, 0.4) is 0 Å². The molecule has 3 rings (SSSR count). The van der Waals surface area contributed by atoms with Crippen molar-refractivity contribution in [1.29, 1.82) is 0 Å². The van der Waals surface area contributed by atoms with Gasteiger partial charge >= 0.3 is 5.97 Å². The molecule has 1 aliphatic rings. The van der Waals surface area contributed by atoms with Crippen LogP contribution in [-0.2, 0) is 19.6 Å². The lowest BCUT2D eigenvalue weighted by Crippen LogP contribution is -2.32. The summed E-state index contributed by atoms with van der Waals surface area (Å²) in [4.78, 5) is 24.2. The van der Waals surface area contributed by atoms with Crippen molar-refractivity contribution in [2.75, 3.05) is 25.0 Å². The minimum Gasteiger partial charge on any atom is -0.452 e. The number of sulfonamides is 1. The van der Waals surface area contributed by atoms with Crippen LogP contribution in [0.2, 0.25) is 0 Å². The summed E-state index contributed by atoms with van der Waals surface area (Å²) in [7, 11) is -3.71. The number of ether oxygens (including phenoxy) is 1. The highest BCUT2D eigenvalue weighted by molar-refractivity contribution is 7.89. The van der Waals surface area contributed by atoms with Gasteiger partial charge in [-0.15, -0.1) is 0 Å². The Morgan fingerprint density at radius 2 is 1.70 bits per heavy atom. The summed E-state index contributed by atoms with van der Waals surface area (Å²) in [6.07, 6.45) is 3.61. The summed E-state index contributed by atoms with van der Waals surface area (Å²) in [5.41, 5.74) is 0.269. The molecular weight excluding hydrogens is 411 g/mol. The van der Waals surface area contributed by atoms with E-state index in [1.807, 2.05) is 0 Å². The molecule has 1 fully saturated rings. The maximum Gasteiger partial charge on any atom is 0.338 e. The molecule has 0 aliphatic carbocycles. The molecule has 1 amide bonds. The summed E-state index contributed by atoms with van der Waals surface area (Å²) >= 11 is 0. The van der Waals surface area contributed by atoms with E-state index in [0.717, 1.165) is 31.7 Å². The van der Waals surface area contributed by atoms with Crippen LogP contribution in [-0.4, -0.2) is 44.3 Å². The topological polar surface area (TPSA) is 92.8 Å². The number of hydrogen-bond acceptors (Lipinski definition) is 5. The second-order valence-corrected chi connectivity index (χ2v) is 8.92. The van der Waals surface area contributed by atoms with Crippen LogP contribution in [0.15, 0.2) is 53.4 Å². The molecule has 30 heavy (non-hydrogen) atoms. The molecule has 7 nitrogen and oxygen atoms in total. The third-order valence-electron chi connectivity index (χ3n) is 4.72. The van der Waals surface area contributed by atoms with Gasteiger partial charge in [0.1, 0.15) is 5.82 Å². The molecule has 1 heterocycles. The van der Waals surface area contributed by atoms with Gasteiger partial charge in [0.05, 0.1) is 10.5 Å². The summed E-state index contributed by atoms with van der Waals surface area (Å²) < 4.78 is 45.3. The number of nitrogens with zero attached hydrogens (tertiary/aromatic N) is 1. The first-order valence-corrected chi connectivity index (χ1v) is 11.1. The molecule has 160 valence electrons. The summed E-state index contributed by atoms with van der Waals surface area (Å²) in [6.45, 7) is 0.326. The van der Waals surface area contributed by atoms with E-state index in [2.05, 4.69) is 5.32 Å². The maximum atomic E-state index is 13.2. The van der Waals surface area contributed by atoms with Crippen molar-refractivity contribution in [2.24, 2.45) is 0 Å². The first-order valence-electron chi connectivity index (χ1n) is 9.69. The van der Waals surface area contributed by atoms with Crippen LogP contribution in [0.25, 0.3) is 0 Å². The Hall–Kier alpha value is -2.78. The Morgan fingerprint density at radius 1 is 1.00 bits per heavy atom. The van der Waals surface area contributed by atoms with Gasteiger partial charge in [-0.05, 0) is 49.2 Å². The third kappa shape index (κ3) is 5.64. The highest BCUT2D eigenvalue weighted by Gasteiger charge is 2.26. The molecule has 0 radical (unpaired) electrons. The molecule has 0 saturated carbocycles. The van der Waals surface area contributed by atoms with E-state index in [0.29, 0.717) is 13.1 Å². The molecule has 0 unspecified atom stereocenters. The molecule has 0 atom stereocenters. The lowest BCUT2D eigenvalue weighted by atomic mass is 10.2. The number of esters is 1. The molecular formula is C21H23FN2O5S. The number of carbonyl (C=O) groups excluding carboxylic acids is 2. The van der Waals surface area contributed by atoms with Gasteiger partial charge in [0.2, 0.25) is 10.0 Å². The Kier molecular flexibility index (Phi) is 7.17. The minimum atomic E-state index is -3.71. The smallest absolute Gasteiger partial charge is 0.338 e. The molecule has 9 heteroatoms. The Morgan fingerprint density at radius 3 is 2.40 bits per heavy atom. The van der Waals surface area contributed by atoms with Crippen molar-refractivity contribution >= 4 is 27.6 Å². The van der Waals surface area contributed by atoms with Crippen molar-refractivity contribution in [3.63, 3.8) is 0 Å². The van der Waals surface area contributed by atoms with Gasteiger partial charge in [-0.25, -0.2) is 17.6 Å². The molecule has 0 spiro atoms. The molecule has 1 N–H and O–H groups in total. The summed E-state index contributed by atoms with van der Waals surface area (Å²) in [5, 5.41) is 2.42. The van der Waals surface area contributed by atoms with Gasteiger partial charge in [0.15, 0.2) is 6.61 Å². The van der Waals surface area contributed by atoms with E-state index >= 15 is 0 Å². The zero-order valence-electron chi connectivity index (χ0n) is 16.3. The Balaban J connectivity index is 1.63. The SMILES string of the molecule is O=C(COC(=O)c1cccc(S(=O)(=O)N2CCCCCC2)c1)Nc1cccc(F)c1. The van der Waals surface area contributed by atoms with E-state index in [9.17, 15) is 22.4 Å². The number of benzene rings is 2. The van der Waals surface area contributed by atoms with Crippen LogP contribution in [0.1, 0.15) is 36.0 Å². The zero-order valence-corrected chi connectivity index (χ0v) is 17.2. The number of carbonyl (C=O) groups is 2. The number of nitrogens with one attached hydrogen (secondary N) is 1. The van der Waals surface area contributed by atoms with Crippen LogP contribution in [0, 0.1) is 5.82 Å². The van der Waals surface area contributed by atoms with Crippen molar-refractivity contribution in [3.8, 4) is 0 Å². The normalized spacial score (nSPS) is 15.2. The standard InChI is InChI=1S/C21H23FN2O5S/c22-17-8-6-9-18(14-17)23-20(25)15-29-21(26)16-7-5-10-19(13-16)30(27,28)24-11-3-1-2-4-12-24/h5-10,13-14H,1-4,11-12,15H2,(H,23,25). The quantitative estimate of drug-likeness (QED) is 0.705. The first kappa shape index (κ1) is 21.9. The molecule has 2 aromatic rings. The van der Waals surface area contributed by atoms with Crippen molar-refractivity contribution in [2.45, 2.75) is 30.6 Å². The average Bonchev–Trinajstić information content (AvgIpc) is 3.02. The largest absolute Gasteiger partial charge is 0.452 e. The van der Waals surface area contributed by atoms with Gasteiger partial charge in [-0.1, -0.05) is 25.0 Å². The molecule has 2 aromatic carbocycles. The molecule has 1 aliphatic heterocycles. The predicted octanol–water partition coefficient (Wildman–Crippen LogP) is 3.19. The monoisotopic (exact) mass is 434 g/mol. The second-order valence-electron chi connectivity index (χ2n) is 6.98. The number of halogens is 1. The lowest BCUT2D eigenvalue weighted by Gasteiger charge is -2.20. The van der Waals surface area contributed by atoms with E-state index < -0.39 is 34.3 Å². The number of rotatable bonds is 6. The highest BCUT2D eigenvalue weighted by atomic mass is 32.2. The lowest BCUT2D eigenvalue weighted by molar-refractivity contribution is -0.119. The third-order valence-corrected chi connectivity index (χ3v) is 6.61. The molecule has 0 aromatic heterocycles. The van der Waals surface area contributed by atoms with Crippen LogP contribution in [0.5, 0.6) is 0 Å². The van der Waals surface area contributed by atoms with E-state index in [1.54, 1.807) is 0 Å². The van der Waals surface area contributed by atoms with E-state index in [4.69, 9.17) is 4.74 Å². The van der Waals surface area contributed by atoms with Crippen molar-refractivity contribution in [1.82, 2.24) is 4.31 Å². The Labute approximate surface area is 174 Å². The van der Waals surface area contributed by atoms with Gasteiger partial charge in [0.25, 0.3) is 5.91 Å². The fraction of sp³-hybridized carbons (Fsp3) is 0.333. The Bertz CT molecular complexity index is 1020.